The fraction of sp³-hybridized carbons (Fsp3) is 0.364. The number of hydrazone groups is 1. The van der Waals surface area contributed by atoms with Crippen molar-refractivity contribution in [3.05, 3.63) is 42.0 Å². The quantitative estimate of drug-likeness (QED) is 0.499. The Morgan fingerprint density at radius 1 is 0.833 bits per heavy atom. The molecule has 3 aromatic rings. The van der Waals surface area contributed by atoms with Crippen molar-refractivity contribution in [2.45, 2.75) is 25.7 Å². The zero-order valence-electron chi connectivity index (χ0n) is 16.8. The van der Waals surface area contributed by atoms with E-state index in [2.05, 4.69) is 30.3 Å². The average Bonchev–Trinajstić information content (AvgIpc) is 3.50. The number of hydrogen-bond acceptors (Lipinski definition) is 8. The van der Waals surface area contributed by atoms with Crippen LogP contribution in [-0.4, -0.2) is 52.5 Å². The van der Waals surface area contributed by atoms with Crippen LogP contribution in [0.1, 0.15) is 31.2 Å². The predicted molar refractivity (Wildman–Crippen MR) is 120 cm³/mol. The standard InChI is InChI=1S/C22H25N7O/c30-19-10-9-16-7-1-2-8-17(16)18(19)15-23-27-20-24-21(28-11-3-4-12-28)26-22(25-20)29-13-5-6-14-29/h1-2,7-10,15,30H,3-6,11-14H2,(H,24,25,26,27)/b23-15-. The fourth-order valence-electron chi connectivity index (χ4n) is 4.10. The highest BCUT2D eigenvalue weighted by Crippen LogP contribution is 2.26. The first-order chi connectivity index (χ1) is 14.8. The van der Waals surface area contributed by atoms with Crippen molar-refractivity contribution in [1.82, 2.24) is 15.0 Å². The monoisotopic (exact) mass is 403 g/mol. The SMILES string of the molecule is Oc1ccc2ccccc2c1/C=N\Nc1nc(N2CCCC2)nc(N2CCCC2)n1. The fourth-order valence-corrected chi connectivity index (χ4v) is 4.10. The van der Waals surface area contributed by atoms with Gasteiger partial charge in [-0.3, -0.25) is 0 Å². The molecule has 1 aromatic heterocycles. The number of nitrogens with one attached hydrogen (secondary N) is 1. The molecule has 30 heavy (non-hydrogen) atoms. The van der Waals surface area contributed by atoms with Gasteiger partial charge in [-0.25, -0.2) is 5.43 Å². The largest absolute Gasteiger partial charge is 0.507 e. The van der Waals surface area contributed by atoms with Gasteiger partial charge in [-0.05, 0) is 42.5 Å². The van der Waals surface area contributed by atoms with Crippen LogP contribution in [-0.2, 0) is 0 Å². The minimum absolute atomic E-state index is 0.186. The van der Waals surface area contributed by atoms with Gasteiger partial charge in [0.15, 0.2) is 0 Å². The van der Waals surface area contributed by atoms with Crippen LogP contribution in [0.4, 0.5) is 17.8 Å². The highest BCUT2D eigenvalue weighted by molar-refractivity contribution is 6.02. The maximum atomic E-state index is 10.3. The van der Waals surface area contributed by atoms with Gasteiger partial charge in [-0.2, -0.15) is 20.1 Å². The molecule has 2 aliphatic heterocycles. The van der Waals surface area contributed by atoms with Gasteiger partial charge in [0.05, 0.1) is 6.21 Å². The zero-order chi connectivity index (χ0) is 20.3. The van der Waals surface area contributed by atoms with E-state index in [1.54, 1.807) is 12.3 Å². The number of fused-ring (bicyclic) bond motifs is 1. The van der Waals surface area contributed by atoms with Crippen LogP contribution in [0, 0.1) is 0 Å². The Morgan fingerprint density at radius 3 is 2.13 bits per heavy atom. The lowest BCUT2D eigenvalue weighted by atomic mass is 10.0. The third-order valence-electron chi connectivity index (χ3n) is 5.70. The molecule has 2 N–H and O–H groups in total. The number of aromatic nitrogens is 3. The highest BCUT2D eigenvalue weighted by Gasteiger charge is 2.21. The predicted octanol–water partition coefficient (Wildman–Crippen LogP) is 3.38. The molecule has 2 saturated heterocycles. The molecule has 3 heterocycles. The zero-order valence-corrected chi connectivity index (χ0v) is 16.8. The Hall–Kier alpha value is -3.42. The summed E-state index contributed by atoms with van der Waals surface area (Å²) in [5, 5.41) is 16.6. The number of aromatic hydroxyl groups is 1. The first-order valence-corrected chi connectivity index (χ1v) is 10.5. The van der Waals surface area contributed by atoms with E-state index < -0.39 is 0 Å². The molecule has 0 aliphatic carbocycles. The molecule has 8 heteroatoms. The van der Waals surface area contributed by atoms with E-state index in [9.17, 15) is 5.11 Å². The van der Waals surface area contributed by atoms with Gasteiger partial charge < -0.3 is 14.9 Å². The summed E-state index contributed by atoms with van der Waals surface area (Å²) in [6, 6.07) is 11.5. The third-order valence-corrected chi connectivity index (χ3v) is 5.70. The van der Waals surface area contributed by atoms with Gasteiger partial charge in [0.1, 0.15) is 5.75 Å². The molecule has 0 amide bonds. The lowest BCUT2D eigenvalue weighted by molar-refractivity contribution is 0.475. The number of hydrogen-bond donors (Lipinski definition) is 2. The van der Waals surface area contributed by atoms with E-state index in [4.69, 9.17) is 4.98 Å². The van der Waals surface area contributed by atoms with Crippen LogP contribution in [0.25, 0.3) is 10.8 Å². The first-order valence-electron chi connectivity index (χ1n) is 10.5. The van der Waals surface area contributed by atoms with Crippen molar-refractivity contribution < 1.29 is 5.11 Å². The van der Waals surface area contributed by atoms with Gasteiger partial charge in [-0.15, -0.1) is 0 Å². The van der Waals surface area contributed by atoms with Gasteiger partial charge >= 0.3 is 0 Å². The Labute approximate surface area is 175 Å². The molecular formula is C22H25N7O. The van der Waals surface area contributed by atoms with Crippen molar-refractivity contribution >= 4 is 34.8 Å². The molecule has 2 aliphatic rings. The molecule has 0 radical (unpaired) electrons. The second-order valence-electron chi connectivity index (χ2n) is 7.74. The average molecular weight is 403 g/mol. The number of nitrogens with zero attached hydrogens (tertiary/aromatic N) is 6. The van der Waals surface area contributed by atoms with Gasteiger partial charge in [0.2, 0.25) is 17.8 Å². The molecule has 0 bridgehead atoms. The Bertz CT molecular complexity index is 1040. The number of benzene rings is 2. The van der Waals surface area contributed by atoms with Gasteiger partial charge in [-0.1, -0.05) is 30.3 Å². The minimum atomic E-state index is 0.186. The maximum Gasteiger partial charge on any atom is 0.250 e. The summed E-state index contributed by atoms with van der Waals surface area (Å²) in [6.07, 6.45) is 6.25. The molecule has 2 aromatic carbocycles. The number of phenols is 1. The third kappa shape index (κ3) is 3.72. The molecule has 0 spiro atoms. The molecule has 2 fully saturated rings. The van der Waals surface area contributed by atoms with Crippen LogP contribution >= 0.6 is 0 Å². The van der Waals surface area contributed by atoms with Crippen LogP contribution < -0.4 is 15.2 Å². The second-order valence-corrected chi connectivity index (χ2v) is 7.74. The topological polar surface area (TPSA) is 89.8 Å². The normalized spacial score (nSPS) is 16.8. The smallest absolute Gasteiger partial charge is 0.250 e. The van der Waals surface area contributed by atoms with Crippen molar-refractivity contribution in [1.29, 1.82) is 0 Å². The van der Waals surface area contributed by atoms with Crippen LogP contribution in [0.5, 0.6) is 5.75 Å². The van der Waals surface area contributed by atoms with E-state index in [1.807, 2.05) is 30.3 Å². The van der Waals surface area contributed by atoms with Crippen LogP contribution in [0.2, 0.25) is 0 Å². The number of anilines is 3. The van der Waals surface area contributed by atoms with E-state index >= 15 is 0 Å². The lowest BCUT2D eigenvalue weighted by Crippen LogP contribution is -2.25. The summed E-state index contributed by atoms with van der Waals surface area (Å²) in [5.41, 5.74) is 3.62. The molecular weight excluding hydrogens is 378 g/mol. The summed E-state index contributed by atoms with van der Waals surface area (Å²) in [4.78, 5) is 18.3. The van der Waals surface area contributed by atoms with Crippen molar-refractivity contribution in [2.75, 3.05) is 41.4 Å². The second kappa shape index (κ2) is 8.14. The summed E-state index contributed by atoms with van der Waals surface area (Å²) in [7, 11) is 0. The lowest BCUT2D eigenvalue weighted by Gasteiger charge is -2.20. The van der Waals surface area contributed by atoms with Crippen LogP contribution in [0.15, 0.2) is 41.5 Å². The maximum absolute atomic E-state index is 10.3. The molecule has 0 saturated carbocycles. The van der Waals surface area contributed by atoms with E-state index in [0.717, 1.165) is 62.6 Å². The molecule has 8 nitrogen and oxygen atoms in total. The number of phenolic OH excluding ortho intramolecular Hbond substituents is 1. The van der Waals surface area contributed by atoms with Gasteiger partial charge in [0, 0.05) is 31.7 Å². The summed E-state index contributed by atoms with van der Waals surface area (Å²) < 4.78 is 0. The Balaban J connectivity index is 1.43. The van der Waals surface area contributed by atoms with Crippen LogP contribution in [0.3, 0.4) is 0 Å². The summed E-state index contributed by atoms with van der Waals surface area (Å²) in [5.74, 6) is 2.01. The van der Waals surface area contributed by atoms with Crippen molar-refractivity contribution in [3.63, 3.8) is 0 Å². The van der Waals surface area contributed by atoms with Gasteiger partial charge in [0.25, 0.3) is 0 Å². The molecule has 0 atom stereocenters. The molecule has 0 unspecified atom stereocenters. The molecule has 154 valence electrons. The Kier molecular flexibility index (Phi) is 5.04. The van der Waals surface area contributed by atoms with Crippen molar-refractivity contribution in [2.24, 2.45) is 5.10 Å². The summed E-state index contributed by atoms with van der Waals surface area (Å²) >= 11 is 0. The minimum Gasteiger partial charge on any atom is -0.507 e. The molecule has 5 rings (SSSR count). The van der Waals surface area contributed by atoms with Crippen molar-refractivity contribution in [3.8, 4) is 5.75 Å². The Morgan fingerprint density at radius 2 is 1.47 bits per heavy atom. The van der Waals surface area contributed by atoms with E-state index in [-0.39, 0.29) is 5.75 Å². The summed E-state index contributed by atoms with van der Waals surface area (Å²) in [6.45, 7) is 3.87. The first kappa shape index (κ1) is 18.6. The number of rotatable bonds is 5. The van der Waals surface area contributed by atoms with E-state index in [0.29, 0.717) is 23.4 Å². The highest BCUT2D eigenvalue weighted by atomic mass is 16.3. The van der Waals surface area contributed by atoms with E-state index in [1.165, 1.54) is 0 Å².